The van der Waals surface area contributed by atoms with Crippen LogP contribution in [0.4, 0.5) is 5.69 Å². The zero-order chi connectivity index (χ0) is 23.4. The van der Waals surface area contributed by atoms with E-state index < -0.39 is 15.9 Å². The van der Waals surface area contributed by atoms with Crippen LogP contribution in [0, 0.1) is 0 Å². The molecule has 0 saturated carbocycles. The van der Waals surface area contributed by atoms with Gasteiger partial charge in [-0.05, 0) is 37.4 Å². The number of hydrogen-bond donors (Lipinski definition) is 3. The van der Waals surface area contributed by atoms with Crippen LogP contribution in [0.3, 0.4) is 0 Å². The van der Waals surface area contributed by atoms with Gasteiger partial charge < -0.3 is 10.1 Å². The molecule has 4 rings (SSSR count). The molecule has 3 N–H and O–H groups in total. The number of methoxy groups -OCH3 is 1. The van der Waals surface area contributed by atoms with E-state index >= 15 is 0 Å². The molecular formula is C23H21N5O4S. The number of carbonyl (C=O) groups excluding carboxylic acids is 1. The maximum absolute atomic E-state index is 13.0. The summed E-state index contributed by atoms with van der Waals surface area (Å²) in [5.41, 5.74) is 2.14. The summed E-state index contributed by atoms with van der Waals surface area (Å²) >= 11 is 0. The summed E-state index contributed by atoms with van der Waals surface area (Å²) < 4.78 is 32.0. The van der Waals surface area contributed by atoms with Gasteiger partial charge in [0, 0.05) is 16.7 Å². The highest BCUT2D eigenvalue weighted by Gasteiger charge is 2.21. The summed E-state index contributed by atoms with van der Waals surface area (Å²) in [5.74, 6) is 0.665. The number of aromatic nitrogens is 3. The van der Waals surface area contributed by atoms with Gasteiger partial charge >= 0.3 is 0 Å². The van der Waals surface area contributed by atoms with Crippen molar-refractivity contribution in [2.75, 3.05) is 19.5 Å². The molecule has 4 aromatic rings. The minimum Gasteiger partial charge on any atom is -0.495 e. The second-order valence-corrected chi connectivity index (χ2v) is 8.80. The molecule has 0 aliphatic rings. The first kappa shape index (κ1) is 22.2. The molecule has 1 aromatic heterocycles. The van der Waals surface area contributed by atoms with E-state index in [4.69, 9.17) is 4.74 Å². The van der Waals surface area contributed by atoms with Crippen LogP contribution in [0.1, 0.15) is 10.4 Å². The van der Waals surface area contributed by atoms with Crippen molar-refractivity contribution in [2.24, 2.45) is 0 Å². The van der Waals surface area contributed by atoms with Crippen molar-refractivity contribution in [1.29, 1.82) is 0 Å². The Kier molecular flexibility index (Phi) is 6.20. The smallest absolute Gasteiger partial charge is 0.255 e. The lowest BCUT2D eigenvalue weighted by Gasteiger charge is -2.12. The van der Waals surface area contributed by atoms with Crippen molar-refractivity contribution >= 4 is 21.6 Å². The Morgan fingerprint density at radius 2 is 1.73 bits per heavy atom. The van der Waals surface area contributed by atoms with Crippen LogP contribution >= 0.6 is 0 Å². The quantitative estimate of drug-likeness (QED) is 0.386. The predicted octanol–water partition coefficient (Wildman–Crippen LogP) is 3.31. The summed E-state index contributed by atoms with van der Waals surface area (Å²) in [6.07, 6.45) is 0. The molecule has 0 aliphatic carbocycles. The van der Waals surface area contributed by atoms with Gasteiger partial charge in [-0.25, -0.2) is 18.1 Å². The molecule has 0 atom stereocenters. The molecule has 10 heteroatoms. The number of hydrogen-bond acceptors (Lipinski definition) is 6. The predicted molar refractivity (Wildman–Crippen MR) is 124 cm³/mol. The molecular weight excluding hydrogens is 442 g/mol. The molecule has 1 amide bonds. The standard InChI is InChI=1S/C23H21N5O4S/c1-24-33(30,31)20-14-16(12-13-19(20)32-2)23(29)25-18-11-7-6-10-17(18)22-26-21(27-28-22)15-8-4-3-5-9-15/h3-14,24H,1-2H3,(H,25,29)(H,26,27,28). The number of benzene rings is 3. The number of rotatable bonds is 7. The lowest BCUT2D eigenvalue weighted by molar-refractivity contribution is 0.102. The number of anilines is 1. The van der Waals surface area contributed by atoms with Crippen molar-refractivity contribution in [3.8, 4) is 28.5 Å². The van der Waals surface area contributed by atoms with E-state index in [2.05, 4.69) is 25.2 Å². The highest BCUT2D eigenvalue weighted by molar-refractivity contribution is 7.89. The second-order valence-electron chi connectivity index (χ2n) is 6.95. The van der Waals surface area contributed by atoms with Gasteiger partial charge in [0.25, 0.3) is 5.91 Å². The Labute approximate surface area is 190 Å². The number of ether oxygens (including phenoxy) is 1. The van der Waals surface area contributed by atoms with Gasteiger partial charge in [0.05, 0.1) is 12.8 Å². The summed E-state index contributed by atoms with van der Waals surface area (Å²) in [5, 5.41) is 10.0. The van der Waals surface area contributed by atoms with Crippen LogP contribution in [0.25, 0.3) is 22.8 Å². The third-order valence-corrected chi connectivity index (χ3v) is 6.37. The monoisotopic (exact) mass is 463 g/mol. The first-order valence-electron chi connectivity index (χ1n) is 9.93. The van der Waals surface area contributed by atoms with Gasteiger partial charge in [-0.15, -0.1) is 0 Å². The topological polar surface area (TPSA) is 126 Å². The second kappa shape index (κ2) is 9.23. The lowest BCUT2D eigenvalue weighted by Crippen LogP contribution is -2.20. The zero-order valence-corrected chi connectivity index (χ0v) is 18.7. The minimum absolute atomic E-state index is 0.129. The van der Waals surface area contributed by atoms with E-state index in [0.717, 1.165) is 5.56 Å². The molecule has 0 saturated heterocycles. The molecule has 1 heterocycles. The van der Waals surface area contributed by atoms with Gasteiger partial charge in [-0.2, -0.15) is 5.10 Å². The third kappa shape index (κ3) is 4.61. The maximum Gasteiger partial charge on any atom is 0.255 e. The fourth-order valence-corrected chi connectivity index (χ4v) is 4.15. The van der Waals surface area contributed by atoms with Gasteiger partial charge in [-0.1, -0.05) is 42.5 Å². The van der Waals surface area contributed by atoms with E-state index in [9.17, 15) is 13.2 Å². The van der Waals surface area contributed by atoms with Gasteiger partial charge in [-0.3, -0.25) is 9.89 Å². The van der Waals surface area contributed by atoms with Crippen molar-refractivity contribution in [2.45, 2.75) is 4.90 Å². The van der Waals surface area contributed by atoms with Crippen molar-refractivity contribution < 1.29 is 17.9 Å². The average molecular weight is 464 g/mol. The summed E-state index contributed by atoms with van der Waals surface area (Å²) in [6.45, 7) is 0. The van der Waals surface area contributed by atoms with Crippen molar-refractivity contribution in [3.63, 3.8) is 0 Å². The average Bonchev–Trinajstić information content (AvgIpc) is 3.34. The summed E-state index contributed by atoms with van der Waals surface area (Å²) in [7, 11) is -1.17. The third-order valence-electron chi connectivity index (χ3n) is 4.93. The Morgan fingerprint density at radius 3 is 2.45 bits per heavy atom. The molecule has 168 valence electrons. The first-order valence-corrected chi connectivity index (χ1v) is 11.4. The number of nitrogens with one attached hydrogen (secondary N) is 3. The molecule has 33 heavy (non-hydrogen) atoms. The minimum atomic E-state index is -3.82. The number of carbonyl (C=O) groups is 1. The molecule has 9 nitrogen and oxygen atoms in total. The molecule has 3 aromatic carbocycles. The molecule has 0 fully saturated rings. The van der Waals surface area contributed by atoms with Gasteiger partial charge in [0.2, 0.25) is 10.0 Å². The normalized spacial score (nSPS) is 11.2. The number of sulfonamides is 1. The summed E-state index contributed by atoms with van der Waals surface area (Å²) in [6, 6.07) is 20.8. The van der Waals surface area contributed by atoms with Crippen LogP contribution in [0.5, 0.6) is 5.75 Å². The van der Waals surface area contributed by atoms with Crippen molar-refractivity contribution in [3.05, 3.63) is 78.4 Å². The van der Waals surface area contributed by atoms with Crippen LogP contribution in [0.2, 0.25) is 0 Å². The van der Waals surface area contributed by atoms with Crippen LogP contribution in [-0.4, -0.2) is 43.7 Å². The molecule has 0 aliphatic heterocycles. The van der Waals surface area contributed by atoms with E-state index in [-0.39, 0.29) is 16.2 Å². The van der Waals surface area contributed by atoms with Gasteiger partial charge in [0.15, 0.2) is 11.6 Å². The van der Waals surface area contributed by atoms with Crippen LogP contribution in [0.15, 0.2) is 77.7 Å². The van der Waals surface area contributed by atoms with E-state index in [0.29, 0.717) is 22.9 Å². The molecule has 0 spiro atoms. The number of amides is 1. The Bertz CT molecular complexity index is 1400. The SMILES string of the molecule is CNS(=O)(=O)c1cc(C(=O)Nc2ccccc2-c2nc(-c3ccccc3)n[nH]2)ccc1OC. The highest BCUT2D eigenvalue weighted by Crippen LogP contribution is 2.29. The molecule has 0 radical (unpaired) electrons. The Balaban J connectivity index is 1.65. The Hall–Kier alpha value is -4.02. The number of H-pyrrole nitrogens is 1. The van der Waals surface area contributed by atoms with E-state index in [1.165, 1.54) is 32.4 Å². The number of para-hydroxylation sites is 1. The largest absolute Gasteiger partial charge is 0.495 e. The van der Waals surface area contributed by atoms with E-state index in [1.54, 1.807) is 18.2 Å². The molecule has 0 unspecified atom stereocenters. The summed E-state index contributed by atoms with van der Waals surface area (Å²) in [4.78, 5) is 17.4. The van der Waals surface area contributed by atoms with Crippen LogP contribution in [-0.2, 0) is 10.0 Å². The maximum atomic E-state index is 13.0. The van der Waals surface area contributed by atoms with Gasteiger partial charge in [0.1, 0.15) is 10.6 Å². The lowest BCUT2D eigenvalue weighted by atomic mass is 10.1. The van der Waals surface area contributed by atoms with Crippen LogP contribution < -0.4 is 14.8 Å². The first-order chi connectivity index (χ1) is 15.9. The fourth-order valence-electron chi connectivity index (χ4n) is 3.23. The zero-order valence-electron chi connectivity index (χ0n) is 17.9. The fraction of sp³-hybridized carbons (Fsp3) is 0.0870. The number of aromatic amines is 1. The molecule has 0 bridgehead atoms. The van der Waals surface area contributed by atoms with E-state index in [1.807, 2.05) is 36.4 Å². The van der Waals surface area contributed by atoms with Crippen molar-refractivity contribution in [1.82, 2.24) is 19.9 Å². The number of nitrogens with zero attached hydrogens (tertiary/aromatic N) is 2. The highest BCUT2D eigenvalue weighted by atomic mass is 32.2. The Morgan fingerprint density at radius 1 is 1.00 bits per heavy atom.